The normalized spacial score (nSPS) is 10.8. The highest BCUT2D eigenvalue weighted by Gasteiger charge is 1.99. The molecular formula is C11H20ClN3. The number of rotatable bonds is 8. The van der Waals surface area contributed by atoms with Gasteiger partial charge in [0, 0.05) is 18.6 Å². The number of hydrogen-bond donors (Lipinski definition) is 0. The fraction of sp³-hybridized carbons (Fsp3) is 0.818. The molecule has 0 N–H and O–H groups in total. The Morgan fingerprint density at radius 2 is 2.13 bits per heavy atom. The number of aromatic nitrogens is 3. The van der Waals surface area contributed by atoms with Gasteiger partial charge in [0.05, 0.1) is 5.69 Å². The zero-order chi connectivity index (χ0) is 10.9. The molecule has 1 heterocycles. The lowest BCUT2D eigenvalue weighted by atomic mass is 10.2. The number of alkyl halides is 1. The number of halogens is 1. The Balaban J connectivity index is 2.20. The first kappa shape index (κ1) is 12.5. The van der Waals surface area contributed by atoms with Crippen LogP contribution in [-0.4, -0.2) is 20.9 Å². The van der Waals surface area contributed by atoms with Crippen LogP contribution in [0.4, 0.5) is 0 Å². The maximum absolute atomic E-state index is 5.62. The SMILES string of the molecule is CCCCCCn1cc(CCCCl)nn1. The van der Waals surface area contributed by atoms with Gasteiger partial charge in [-0.1, -0.05) is 31.4 Å². The molecule has 0 saturated heterocycles. The van der Waals surface area contributed by atoms with Crippen molar-refractivity contribution in [2.24, 2.45) is 0 Å². The second kappa shape index (κ2) is 7.69. The van der Waals surface area contributed by atoms with Crippen LogP contribution < -0.4 is 0 Å². The van der Waals surface area contributed by atoms with Crippen molar-refractivity contribution in [2.75, 3.05) is 5.88 Å². The summed E-state index contributed by atoms with van der Waals surface area (Å²) in [6.07, 6.45) is 9.04. The Kier molecular flexibility index (Phi) is 6.41. The lowest BCUT2D eigenvalue weighted by Crippen LogP contribution is -1.98. The molecule has 0 atom stereocenters. The predicted octanol–water partition coefficient (Wildman–Crippen LogP) is 3.03. The Morgan fingerprint density at radius 1 is 1.27 bits per heavy atom. The molecule has 4 heteroatoms. The summed E-state index contributed by atoms with van der Waals surface area (Å²) >= 11 is 5.62. The van der Waals surface area contributed by atoms with Crippen molar-refractivity contribution in [1.29, 1.82) is 0 Å². The molecule has 0 saturated carbocycles. The number of unbranched alkanes of at least 4 members (excludes halogenated alkanes) is 3. The Morgan fingerprint density at radius 3 is 2.87 bits per heavy atom. The lowest BCUT2D eigenvalue weighted by Gasteiger charge is -1.98. The van der Waals surface area contributed by atoms with Crippen molar-refractivity contribution >= 4 is 11.6 Å². The van der Waals surface area contributed by atoms with Gasteiger partial charge in [0.15, 0.2) is 0 Å². The van der Waals surface area contributed by atoms with Crippen LogP contribution in [0.15, 0.2) is 6.20 Å². The molecule has 0 unspecified atom stereocenters. The molecule has 0 amide bonds. The van der Waals surface area contributed by atoms with Crippen molar-refractivity contribution in [3.05, 3.63) is 11.9 Å². The summed E-state index contributed by atoms with van der Waals surface area (Å²) in [6, 6.07) is 0. The molecule has 86 valence electrons. The minimum absolute atomic E-state index is 0.698. The molecule has 1 aromatic heterocycles. The van der Waals surface area contributed by atoms with Crippen molar-refractivity contribution in [1.82, 2.24) is 15.0 Å². The van der Waals surface area contributed by atoms with E-state index < -0.39 is 0 Å². The zero-order valence-electron chi connectivity index (χ0n) is 9.45. The molecule has 0 aromatic carbocycles. The summed E-state index contributed by atoms with van der Waals surface area (Å²) in [7, 11) is 0. The Labute approximate surface area is 96.8 Å². The van der Waals surface area contributed by atoms with Gasteiger partial charge in [-0.15, -0.1) is 16.7 Å². The number of hydrogen-bond acceptors (Lipinski definition) is 2. The van der Waals surface area contributed by atoms with Gasteiger partial charge in [-0.2, -0.15) is 0 Å². The highest BCUT2D eigenvalue weighted by molar-refractivity contribution is 6.17. The van der Waals surface area contributed by atoms with Gasteiger partial charge >= 0.3 is 0 Å². The third-order valence-electron chi connectivity index (χ3n) is 2.39. The van der Waals surface area contributed by atoms with Gasteiger partial charge < -0.3 is 0 Å². The van der Waals surface area contributed by atoms with E-state index in [0.29, 0.717) is 5.88 Å². The quantitative estimate of drug-likeness (QED) is 0.507. The lowest BCUT2D eigenvalue weighted by molar-refractivity contribution is 0.527. The van der Waals surface area contributed by atoms with E-state index in [4.69, 9.17) is 11.6 Å². The fourth-order valence-electron chi connectivity index (χ4n) is 1.51. The molecule has 1 aromatic rings. The maximum Gasteiger partial charge on any atom is 0.0827 e. The van der Waals surface area contributed by atoms with E-state index in [-0.39, 0.29) is 0 Å². The summed E-state index contributed by atoms with van der Waals surface area (Å²) in [6.45, 7) is 3.22. The molecular weight excluding hydrogens is 210 g/mol. The molecule has 0 aliphatic heterocycles. The highest BCUT2D eigenvalue weighted by atomic mass is 35.5. The van der Waals surface area contributed by atoms with Crippen LogP contribution in [0.25, 0.3) is 0 Å². The van der Waals surface area contributed by atoms with E-state index in [1.807, 2.05) is 10.9 Å². The van der Waals surface area contributed by atoms with E-state index in [9.17, 15) is 0 Å². The molecule has 0 fully saturated rings. The molecule has 0 aliphatic rings. The van der Waals surface area contributed by atoms with Gasteiger partial charge in [-0.3, -0.25) is 4.68 Å². The third kappa shape index (κ3) is 5.17. The smallest absolute Gasteiger partial charge is 0.0827 e. The average Bonchev–Trinajstić information content (AvgIpc) is 2.69. The summed E-state index contributed by atoms with van der Waals surface area (Å²) in [4.78, 5) is 0. The van der Waals surface area contributed by atoms with Gasteiger partial charge in [0.2, 0.25) is 0 Å². The molecule has 1 rings (SSSR count). The largest absolute Gasteiger partial charge is 0.252 e. The minimum Gasteiger partial charge on any atom is -0.252 e. The Hall–Kier alpha value is -0.570. The van der Waals surface area contributed by atoms with E-state index >= 15 is 0 Å². The first-order chi connectivity index (χ1) is 7.36. The molecule has 0 radical (unpaired) electrons. The highest BCUT2D eigenvalue weighted by Crippen LogP contribution is 2.03. The summed E-state index contributed by atoms with van der Waals surface area (Å²) in [5.74, 6) is 0.698. The second-order valence-corrected chi connectivity index (χ2v) is 4.20. The second-order valence-electron chi connectivity index (χ2n) is 3.83. The number of aryl methyl sites for hydroxylation is 2. The topological polar surface area (TPSA) is 30.7 Å². The van der Waals surface area contributed by atoms with E-state index in [1.165, 1.54) is 25.7 Å². The summed E-state index contributed by atoms with van der Waals surface area (Å²) in [5, 5.41) is 8.20. The van der Waals surface area contributed by atoms with Crippen molar-refractivity contribution in [3.63, 3.8) is 0 Å². The minimum atomic E-state index is 0.698. The first-order valence-electron chi connectivity index (χ1n) is 5.81. The summed E-state index contributed by atoms with van der Waals surface area (Å²) < 4.78 is 1.94. The van der Waals surface area contributed by atoms with Crippen LogP contribution in [0.5, 0.6) is 0 Å². The zero-order valence-corrected chi connectivity index (χ0v) is 10.2. The van der Waals surface area contributed by atoms with Gasteiger partial charge in [0.25, 0.3) is 0 Å². The van der Waals surface area contributed by atoms with E-state index in [2.05, 4.69) is 17.2 Å². The van der Waals surface area contributed by atoms with Crippen molar-refractivity contribution in [3.8, 4) is 0 Å². The third-order valence-corrected chi connectivity index (χ3v) is 2.66. The van der Waals surface area contributed by atoms with Crippen LogP contribution in [0.2, 0.25) is 0 Å². The Bertz CT molecular complexity index is 260. The molecule has 15 heavy (non-hydrogen) atoms. The first-order valence-corrected chi connectivity index (χ1v) is 6.35. The van der Waals surface area contributed by atoms with Crippen LogP contribution in [-0.2, 0) is 13.0 Å². The van der Waals surface area contributed by atoms with Crippen LogP contribution in [0.3, 0.4) is 0 Å². The van der Waals surface area contributed by atoms with Crippen molar-refractivity contribution in [2.45, 2.75) is 52.0 Å². The molecule has 0 aliphatic carbocycles. The van der Waals surface area contributed by atoms with Gasteiger partial charge in [-0.05, 0) is 19.3 Å². The maximum atomic E-state index is 5.62. The predicted molar refractivity (Wildman–Crippen MR) is 63.2 cm³/mol. The van der Waals surface area contributed by atoms with E-state index in [0.717, 1.165) is 25.1 Å². The summed E-state index contributed by atoms with van der Waals surface area (Å²) in [5.41, 5.74) is 1.06. The van der Waals surface area contributed by atoms with Crippen LogP contribution in [0, 0.1) is 0 Å². The monoisotopic (exact) mass is 229 g/mol. The molecule has 0 bridgehead atoms. The van der Waals surface area contributed by atoms with Crippen LogP contribution in [0.1, 0.15) is 44.7 Å². The van der Waals surface area contributed by atoms with Crippen LogP contribution >= 0.6 is 11.6 Å². The molecule has 0 spiro atoms. The van der Waals surface area contributed by atoms with E-state index in [1.54, 1.807) is 0 Å². The van der Waals surface area contributed by atoms with Gasteiger partial charge in [0.1, 0.15) is 0 Å². The van der Waals surface area contributed by atoms with Gasteiger partial charge in [-0.25, -0.2) is 0 Å². The van der Waals surface area contributed by atoms with Crippen molar-refractivity contribution < 1.29 is 0 Å². The average molecular weight is 230 g/mol. The standard InChI is InChI=1S/C11H20ClN3/c1-2-3-4-5-9-15-10-11(13-14-15)7-6-8-12/h10H,2-9H2,1H3. The molecule has 3 nitrogen and oxygen atoms in total. The number of nitrogens with zero attached hydrogens (tertiary/aromatic N) is 3. The fourth-order valence-corrected chi connectivity index (χ4v) is 1.64.